The van der Waals surface area contributed by atoms with Gasteiger partial charge in [-0.3, -0.25) is 4.79 Å². The zero-order valence-corrected chi connectivity index (χ0v) is 13.8. The molecule has 1 fully saturated rings. The van der Waals surface area contributed by atoms with Gasteiger partial charge in [0.1, 0.15) is 11.8 Å². The maximum absolute atomic E-state index is 12.4. The molecule has 1 aliphatic heterocycles. The zero-order valence-electron chi connectivity index (χ0n) is 13.8. The minimum absolute atomic E-state index is 0.0886. The lowest BCUT2D eigenvalue weighted by atomic mass is 10.1. The highest BCUT2D eigenvalue weighted by Gasteiger charge is 2.33. The largest absolute Gasteiger partial charge is 0.508 e. The van der Waals surface area contributed by atoms with Gasteiger partial charge in [0.2, 0.25) is 5.91 Å². The third-order valence-electron chi connectivity index (χ3n) is 4.19. The minimum atomic E-state index is -0.499. The number of carbonyl (C=O) groups excluding carboxylic acids is 2. The van der Waals surface area contributed by atoms with Gasteiger partial charge in [-0.25, -0.2) is 4.79 Å². The molecule has 6 heteroatoms. The quantitative estimate of drug-likeness (QED) is 0.780. The lowest BCUT2D eigenvalue weighted by Gasteiger charge is -2.17. The van der Waals surface area contributed by atoms with Gasteiger partial charge in [0.15, 0.2) is 0 Å². The van der Waals surface area contributed by atoms with Gasteiger partial charge in [-0.2, -0.15) is 0 Å². The van der Waals surface area contributed by atoms with Crippen molar-refractivity contribution >= 4 is 17.6 Å². The molecule has 25 heavy (non-hydrogen) atoms. The van der Waals surface area contributed by atoms with Gasteiger partial charge in [-0.1, -0.05) is 30.3 Å². The number of phenolic OH excluding ortho intramolecular Hbond substituents is 1. The van der Waals surface area contributed by atoms with Crippen LogP contribution in [0.3, 0.4) is 0 Å². The topological polar surface area (TPSA) is 81.7 Å². The van der Waals surface area contributed by atoms with Crippen molar-refractivity contribution in [1.29, 1.82) is 0 Å². The van der Waals surface area contributed by atoms with Gasteiger partial charge >= 0.3 is 6.03 Å². The van der Waals surface area contributed by atoms with Crippen LogP contribution in [0.4, 0.5) is 10.5 Å². The predicted molar refractivity (Wildman–Crippen MR) is 95.5 cm³/mol. The molecule has 130 valence electrons. The van der Waals surface area contributed by atoms with Crippen molar-refractivity contribution in [3.05, 3.63) is 60.2 Å². The van der Waals surface area contributed by atoms with E-state index in [1.165, 1.54) is 0 Å². The first-order chi connectivity index (χ1) is 12.1. The second-order valence-corrected chi connectivity index (χ2v) is 5.99. The van der Waals surface area contributed by atoms with Crippen molar-refractivity contribution < 1.29 is 14.7 Å². The van der Waals surface area contributed by atoms with Crippen molar-refractivity contribution in [1.82, 2.24) is 10.6 Å². The molecule has 6 nitrogen and oxygen atoms in total. The van der Waals surface area contributed by atoms with E-state index in [2.05, 4.69) is 10.6 Å². The Kier molecular flexibility index (Phi) is 5.18. The van der Waals surface area contributed by atoms with Gasteiger partial charge in [-0.15, -0.1) is 0 Å². The average molecular weight is 339 g/mol. The minimum Gasteiger partial charge on any atom is -0.508 e. The van der Waals surface area contributed by atoms with Crippen LogP contribution in [0.25, 0.3) is 0 Å². The highest BCUT2D eigenvalue weighted by molar-refractivity contribution is 6.01. The Labute approximate surface area is 146 Å². The molecular weight excluding hydrogens is 318 g/mol. The number of benzene rings is 2. The Balaban J connectivity index is 1.46. The van der Waals surface area contributed by atoms with Crippen LogP contribution in [0.15, 0.2) is 54.6 Å². The molecule has 1 saturated heterocycles. The van der Waals surface area contributed by atoms with Crippen LogP contribution in [0.2, 0.25) is 0 Å². The van der Waals surface area contributed by atoms with Crippen LogP contribution < -0.4 is 15.5 Å². The van der Waals surface area contributed by atoms with Gasteiger partial charge in [-0.05, 0) is 42.7 Å². The van der Waals surface area contributed by atoms with Gasteiger partial charge in [0.25, 0.3) is 0 Å². The van der Waals surface area contributed by atoms with E-state index in [1.54, 1.807) is 23.1 Å². The molecule has 3 rings (SSSR count). The molecule has 1 heterocycles. The summed E-state index contributed by atoms with van der Waals surface area (Å²) in [6, 6.07) is 15.5. The standard InChI is InChI=1S/C19H21N3O3/c23-16-8-4-5-14(13-16)9-11-20-19(25)21-17-10-12-22(18(17)24)15-6-2-1-3-7-15/h1-8,13,17,23H,9-12H2,(H2,20,21,25)/t17-/m1/s1. The highest BCUT2D eigenvalue weighted by Crippen LogP contribution is 2.20. The highest BCUT2D eigenvalue weighted by atomic mass is 16.3. The van der Waals surface area contributed by atoms with E-state index in [0.29, 0.717) is 25.9 Å². The lowest BCUT2D eigenvalue weighted by molar-refractivity contribution is -0.118. The van der Waals surface area contributed by atoms with Crippen LogP contribution in [-0.4, -0.2) is 36.2 Å². The van der Waals surface area contributed by atoms with Crippen LogP contribution in [0.1, 0.15) is 12.0 Å². The van der Waals surface area contributed by atoms with E-state index in [1.807, 2.05) is 36.4 Å². The summed E-state index contributed by atoms with van der Waals surface area (Å²) in [4.78, 5) is 26.1. The Morgan fingerprint density at radius 1 is 1.16 bits per heavy atom. The van der Waals surface area contributed by atoms with E-state index in [-0.39, 0.29) is 17.7 Å². The second kappa shape index (κ2) is 7.70. The number of para-hydroxylation sites is 1. The SMILES string of the molecule is O=C(NCCc1cccc(O)c1)N[C@@H]1CCN(c2ccccc2)C1=O. The number of nitrogens with zero attached hydrogens (tertiary/aromatic N) is 1. The van der Waals surface area contributed by atoms with Crippen molar-refractivity contribution in [3.8, 4) is 5.75 Å². The number of hydrogen-bond acceptors (Lipinski definition) is 3. The first kappa shape index (κ1) is 16.8. The molecule has 0 unspecified atom stereocenters. The Hall–Kier alpha value is -3.02. The smallest absolute Gasteiger partial charge is 0.315 e. The van der Waals surface area contributed by atoms with Crippen molar-refractivity contribution in [3.63, 3.8) is 0 Å². The summed E-state index contributed by atoms with van der Waals surface area (Å²) in [6.45, 7) is 1.02. The third kappa shape index (κ3) is 4.29. The molecular formula is C19H21N3O3. The Morgan fingerprint density at radius 3 is 2.72 bits per heavy atom. The molecule has 0 aromatic heterocycles. The second-order valence-electron chi connectivity index (χ2n) is 5.99. The molecule has 3 amide bonds. The first-order valence-corrected chi connectivity index (χ1v) is 8.32. The van der Waals surface area contributed by atoms with Gasteiger partial charge in [0, 0.05) is 18.8 Å². The summed E-state index contributed by atoms with van der Waals surface area (Å²) in [5.41, 5.74) is 1.79. The maximum Gasteiger partial charge on any atom is 0.315 e. The molecule has 0 aliphatic carbocycles. The van der Waals surface area contributed by atoms with Crippen LogP contribution >= 0.6 is 0 Å². The summed E-state index contributed by atoms with van der Waals surface area (Å²) >= 11 is 0. The molecule has 0 saturated carbocycles. The molecule has 0 radical (unpaired) electrons. The number of nitrogens with one attached hydrogen (secondary N) is 2. The fourth-order valence-electron chi connectivity index (χ4n) is 2.92. The van der Waals surface area contributed by atoms with Crippen molar-refractivity contribution in [2.24, 2.45) is 0 Å². The number of hydrogen-bond donors (Lipinski definition) is 3. The molecule has 0 spiro atoms. The number of amides is 3. The van der Waals surface area contributed by atoms with Crippen molar-refractivity contribution in [2.75, 3.05) is 18.0 Å². The number of anilines is 1. The third-order valence-corrected chi connectivity index (χ3v) is 4.19. The predicted octanol–water partition coefficient (Wildman–Crippen LogP) is 2.04. The van der Waals surface area contributed by atoms with E-state index < -0.39 is 6.04 Å². The number of aromatic hydroxyl groups is 1. The molecule has 2 aromatic carbocycles. The molecule has 0 bridgehead atoms. The zero-order chi connectivity index (χ0) is 17.6. The first-order valence-electron chi connectivity index (χ1n) is 8.32. The summed E-state index contributed by atoms with van der Waals surface area (Å²) in [5.74, 6) is 0.119. The average Bonchev–Trinajstić information content (AvgIpc) is 2.96. The maximum atomic E-state index is 12.4. The normalized spacial score (nSPS) is 16.7. The van der Waals surface area contributed by atoms with Crippen molar-refractivity contribution in [2.45, 2.75) is 18.9 Å². The molecule has 2 aromatic rings. The number of carbonyl (C=O) groups is 2. The van der Waals surface area contributed by atoms with E-state index in [9.17, 15) is 14.7 Å². The van der Waals surface area contributed by atoms with Crippen LogP contribution in [0.5, 0.6) is 5.75 Å². The van der Waals surface area contributed by atoms with Crippen LogP contribution in [-0.2, 0) is 11.2 Å². The van der Waals surface area contributed by atoms with Gasteiger partial charge in [0.05, 0.1) is 0 Å². The summed E-state index contributed by atoms with van der Waals surface area (Å²) in [5, 5.41) is 14.9. The number of urea groups is 1. The Morgan fingerprint density at radius 2 is 1.96 bits per heavy atom. The molecule has 1 atom stereocenters. The van der Waals surface area contributed by atoms with E-state index in [0.717, 1.165) is 11.3 Å². The summed E-state index contributed by atoms with van der Waals surface area (Å²) in [6.07, 6.45) is 1.20. The van der Waals surface area contributed by atoms with Crippen LogP contribution in [0, 0.1) is 0 Å². The summed E-state index contributed by atoms with van der Waals surface area (Å²) in [7, 11) is 0. The molecule has 1 aliphatic rings. The molecule has 3 N–H and O–H groups in total. The van der Waals surface area contributed by atoms with E-state index in [4.69, 9.17) is 0 Å². The van der Waals surface area contributed by atoms with Gasteiger partial charge < -0.3 is 20.6 Å². The summed E-state index contributed by atoms with van der Waals surface area (Å²) < 4.78 is 0. The number of phenols is 1. The number of rotatable bonds is 5. The van der Waals surface area contributed by atoms with E-state index >= 15 is 0 Å². The monoisotopic (exact) mass is 339 g/mol. The Bertz CT molecular complexity index is 749. The lowest BCUT2D eigenvalue weighted by Crippen LogP contribution is -2.46. The fraction of sp³-hybridized carbons (Fsp3) is 0.263. The fourth-order valence-corrected chi connectivity index (χ4v) is 2.92.